The van der Waals surface area contributed by atoms with E-state index in [0.29, 0.717) is 18.2 Å². The van der Waals surface area contributed by atoms with Crippen molar-refractivity contribution in [2.75, 3.05) is 18.9 Å². The van der Waals surface area contributed by atoms with Crippen LogP contribution in [0, 0.1) is 11.7 Å². The van der Waals surface area contributed by atoms with E-state index in [4.69, 9.17) is 4.74 Å². The standard InChI is InChI=1S/C14H20FNO3S/c15-13-5-7-14(8-6-13)19-9-10-20(17,18)16-11-12-3-1-2-4-12/h5-8,12,16H,1-4,9-11H2. The van der Waals surface area contributed by atoms with Crippen LogP contribution in [0.1, 0.15) is 25.7 Å². The lowest BCUT2D eigenvalue weighted by Crippen LogP contribution is -2.32. The molecule has 0 aromatic heterocycles. The molecular weight excluding hydrogens is 281 g/mol. The van der Waals surface area contributed by atoms with Gasteiger partial charge in [-0.25, -0.2) is 17.5 Å². The van der Waals surface area contributed by atoms with Crippen molar-refractivity contribution in [1.29, 1.82) is 0 Å². The van der Waals surface area contributed by atoms with Crippen LogP contribution in [0.2, 0.25) is 0 Å². The Morgan fingerprint density at radius 1 is 1.20 bits per heavy atom. The van der Waals surface area contributed by atoms with Gasteiger partial charge in [-0.3, -0.25) is 0 Å². The van der Waals surface area contributed by atoms with E-state index in [0.717, 1.165) is 12.8 Å². The molecular formula is C14H20FNO3S. The van der Waals surface area contributed by atoms with Gasteiger partial charge in [-0.05, 0) is 43.0 Å². The molecule has 0 radical (unpaired) electrons. The second-order valence-corrected chi connectivity index (χ2v) is 7.05. The van der Waals surface area contributed by atoms with Crippen LogP contribution in [0.3, 0.4) is 0 Å². The molecule has 1 aliphatic rings. The van der Waals surface area contributed by atoms with Gasteiger partial charge in [0.15, 0.2) is 0 Å². The van der Waals surface area contributed by atoms with Gasteiger partial charge in [0.2, 0.25) is 10.0 Å². The lowest BCUT2D eigenvalue weighted by Gasteiger charge is -2.11. The molecule has 0 aliphatic heterocycles. The Labute approximate surface area is 119 Å². The predicted octanol–water partition coefficient (Wildman–Crippen LogP) is 2.31. The summed E-state index contributed by atoms with van der Waals surface area (Å²) in [4.78, 5) is 0. The van der Waals surface area contributed by atoms with Crippen molar-refractivity contribution < 1.29 is 17.5 Å². The summed E-state index contributed by atoms with van der Waals surface area (Å²) in [6, 6.07) is 5.52. The summed E-state index contributed by atoms with van der Waals surface area (Å²) >= 11 is 0. The molecule has 1 N–H and O–H groups in total. The summed E-state index contributed by atoms with van der Waals surface area (Å²) in [6.07, 6.45) is 4.60. The molecule has 1 fully saturated rings. The number of hydrogen-bond acceptors (Lipinski definition) is 3. The molecule has 1 saturated carbocycles. The van der Waals surface area contributed by atoms with E-state index in [9.17, 15) is 12.8 Å². The van der Waals surface area contributed by atoms with Crippen LogP contribution in [0.4, 0.5) is 4.39 Å². The first-order valence-corrected chi connectivity index (χ1v) is 8.56. The first-order chi connectivity index (χ1) is 9.55. The average Bonchev–Trinajstić information content (AvgIpc) is 2.92. The fraction of sp³-hybridized carbons (Fsp3) is 0.571. The zero-order valence-electron chi connectivity index (χ0n) is 11.3. The van der Waals surface area contributed by atoms with Crippen molar-refractivity contribution in [3.8, 4) is 5.75 Å². The van der Waals surface area contributed by atoms with E-state index in [2.05, 4.69) is 4.72 Å². The Morgan fingerprint density at radius 2 is 1.85 bits per heavy atom. The van der Waals surface area contributed by atoms with Crippen molar-refractivity contribution >= 4 is 10.0 Å². The summed E-state index contributed by atoms with van der Waals surface area (Å²) in [5.41, 5.74) is 0. The average molecular weight is 301 g/mol. The van der Waals surface area contributed by atoms with Gasteiger partial charge in [-0.2, -0.15) is 0 Å². The minimum Gasteiger partial charge on any atom is -0.492 e. The lowest BCUT2D eigenvalue weighted by molar-refractivity contribution is 0.339. The van der Waals surface area contributed by atoms with Gasteiger partial charge in [-0.15, -0.1) is 0 Å². The van der Waals surface area contributed by atoms with E-state index in [1.807, 2.05) is 0 Å². The third-order valence-electron chi connectivity index (χ3n) is 3.50. The molecule has 1 aromatic rings. The Balaban J connectivity index is 1.70. The summed E-state index contributed by atoms with van der Waals surface area (Å²) < 4.78 is 44.2. The molecule has 0 bridgehead atoms. The maximum Gasteiger partial charge on any atom is 0.214 e. The molecule has 2 rings (SSSR count). The highest BCUT2D eigenvalue weighted by atomic mass is 32.2. The molecule has 1 aromatic carbocycles. The monoisotopic (exact) mass is 301 g/mol. The quantitative estimate of drug-likeness (QED) is 0.841. The number of benzene rings is 1. The van der Waals surface area contributed by atoms with Crippen LogP contribution in [-0.2, 0) is 10.0 Å². The van der Waals surface area contributed by atoms with Crippen LogP contribution >= 0.6 is 0 Å². The zero-order chi connectivity index (χ0) is 14.4. The molecule has 6 heteroatoms. The molecule has 0 saturated heterocycles. The topological polar surface area (TPSA) is 55.4 Å². The number of nitrogens with one attached hydrogen (secondary N) is 1. The number of sulfonamides is 1. The van der Waals surface area contributed by atoms with E-state index in [-0.39, 0.29) is 18.2 Å². The van der Waals surface area contributed by atoms with Crippen molar-refractivity contribution in [3.05, 3.63) is 30.1 Å². The predicted molar refractivity (Wildman–Crippen MR) is 75.6 cm³/mol. The van der Waals surface area contributed by atoms with Gasteiger partial charge in [-0.1, -0.05) is 12.8 Å². The second kappa shape index (κ2) is 7.04. The molecule has 0 atom stereocenters. The minimum atomic E-state index is -3.30. The van der Waals surface area contributed by atoms with Crippen LogP contribution in [-0.4, -0.2) is 27.3 Å². The largest absolute Gasteiger partial charge is 0.492 e. The van der Waals surface area contributed by atoms with Crippen LogP contribution in [0.5, 0.6) is 5.75 Å². The molecule has 0 spiro atoms. The van der Waals surface area contributed by atoms with Gasteiger partial charge in [0.25, 0.3) is 0 Å². The fourth-order valence-electron chi connectivity index (χ4n) is 2.33. The molecule has 20 heavy (non-hydrogen) atoms. The second-order valence-electron chi connectivity index (χ2n) is 5.12. The Kier molecular flexibility index (Phi) is 5.37. The van der Waals surface area contributed by atoms with Crippen LogP contribution in [0.25, 0.3) is 0 Å². The summed E-state index contributed by atoms with van der Waals surface area (Å²) in [5.74, 6) is 0.514. The summed E-state index contributed by atoms with van der Waals surface area (Å²) in [5, 5.41) is 0. The van der Waals surface area contributed by atoms with Crippen molar-refractivity contribution in [2.45, 2.75) is 25.7 Å². The molecule has 0 heterocycles. The number of ether oxygens (including phenoxy) is 1. The highest BCUT2D eigenvalue weighted by molar-refractivity contribution is 7.89. The number of hydrogen-bond donors (Lipinski definition) is 1. The Bertz CT molecular complexity index is 510. The maximum atomic E-state index is 12.7. The van der Waals surface area contributed by atoms with Crippen LogP contribution in [0.15, 0.2) is 24.3 Å². The van der Waals surface area contributed by atoms with E-state index in [1.165, 1.54) is 37.1 Å². The Morgan fingerprint density at radius 3 is 2.50 bits per heavy atom. The van der Waals surface area contributed by atoms with E-state index in [1.54, 1.807) is 0 Å². The molecule has 1 aliphatic carbocycles. The van der Waals surface area contributed by atoms with Gasteiger partial charge < -0.3 is 4.74 Å². The van der Waals surface area contributed by atoms with Crippen molar-refractivity contribution in [3.63, 3.8) is 0 Å². The minimum absolute atomic E-state index is 0.0611. The smallest absolute Gasteiger partial charge is 0.214 e. The Hall–Kier alpha value is -1.14. The van der Waals surface area contributed by atoms with Gasteiger partial charge >= 0.3 is 0 Å². The highest BCUT2D eigenvalue weighted by Gasteiger charge is 2.18. The van der Waals surface area contributed by atoms with Crippen LogP contribution < -0.4 is 9.46 Å². The first-order valence-electron chi connectivity index (χ1n) is 6.91. The zero-order valence-corrected chi connectivity index (χ0v) is 12.2. The molecule has 4 nitrogen and oxygen atoms in total. The summed E-state index contributed by atoms with van der Waals surface area (Å²) in [6.45, 7) is 0.588. The molecule has 0 unspecified atom stereocenters. The number of rotatable bonds is 7. The maximum absolute atomic E-state index is 12.7. The van der Waals surface area contributed by atoms with E-state index < -0.39 is 10.0 Å². The van der Waals surface area contributed by atoms with Crippen molar-refractivity contribution in [1.82, 2.24) is 4.72 Å². The summed E-state index contributed by atoms with van der Waals surface area (Å²) in [7, 11) is -3.30. The van der Waals surface area contributed by atoms with Crippen molar-refractivity contribution in [2.24, 2.45) is 5.92 Å². The lowest BCUT2D eigenvalue weighted by atomic mass is 10.1. The molecule has 112 valence electrons. The van der Waals surface area contributed by atoms with Gasteiger partial charge in [0.05, 0.1) is 5.75 Å². The number of halogens is 1. The van der Waals surface area contributed by atoms with Gasteiger partial charge in [0.1, 0.15) is 18.2 Å². The third-order valence-corrected chi connectivity index (χ3v) is 4.81. The SMILES string of the molecule is O=S(=O)(CCOc1ccc(F)cc1)NCC1CCCC1. The molecule has 0 amide bonds. The normalized spacial score (nSPS) is 16.4. The van der Waals surface area contributed by atoms with Gasteiger partial charge in [0, 0.05) is 6.54 Å². The first kappa shape index (κ1) is 15.3. The highest BCUT2D eigenvalue weighted by Crippen LogP contribution is 2.23. The van der Waals surface area contributed by atoms with E-state index >= 15 is 0 Å². The fourth-order valence-corrected chi connectivity index (χ4v) is 3.27. The third kappa shape index (κ3) is 5.09.